The highest BCUT2D eigenvalue weighted by atomic mass is 16.5. The van der Waals surface area contributed by atoms with Crippen LogP contribution in [0.15, 0.2) is 36.5 Å². The van der Waals surface area contributed by atoms with Crippen molar-refractivity contribution >= 4 is 22.7 Å². The van der Waals surface area contributed by atoms with Crippen LogP contribution in [0.3, 0.4) is 0 Å². The van der Waals surface area contributed by atoms with Gasteiger partial charge in [-0.25, -0.2) is 4.79 Å². The highest BCUT2D eigenvalue weighted by Crippen LogP contribution is 2.38. The van der Waals surface area contributed by atoms with E-state index in [4.69, 9.17) is 18.9 Å². The predicted octanol–water partition coefficient (Wildman–Crippen LogP) is 7.18. The number of hydrogen-bond acceptors (Lipinski definition) is 6. The van der Waals surface area contributed by atoms with Crippen molar-refractivity contribution in [2.24, 2.45) is 5.92 Å². The van der Waals surface area contributed by atoms with Crippen LogP contribution in [0.2, 0.25) is 0 Å². The number of anilines is 1. The summed E-state index contributed by atoms with van der Waals surface area (Å²) >= 11 is 0. The largest absolute Gasteiger partial charge is 0.493 e. The van der Waals surface area contributed by atoms with Crippen LogP contribution < -0.4 is 19.5 Å². The van der Waals surface area contributed by atoms with Gasteiger partial charge in [-0.1, -0.05) is 25.7 Å². The summed E-state index contributed by atoms with van der Waals surface area (Å²) in [6.07, 6.45) is 8.59. The van der Waals surface area contributed by atoms with Gasteiger partial charge in [-0.15, -0.1) is 0 Å². The van der Waals surface area contributed by atoms with E-state index in [1.54, 1.807) is 20.4 Å². The molecule has 35 heavy (non-hydrogen) atoms. The number of fused-ring (bicyclic) bond motifs is 1. The Morgan fingerprint density at radius 1 is 0.914 bits per heavy atom. The van der Waals surface area contributed by atoms with E-state index in [-0.39, 0.29) is 0 Å². The third-order valence-corrected chi connectivity index (χ3v) is 6.61. The molecule has 7 heteroatoms. The van der Waals surface area contributed by atoms with Gasteiger partial charge >= 0.3 is 6.09 Å². The van der Waals surface area contributed by atoms with Crippen molar-refractivity contribution in [1.82, 2.24) is 4.98 Å². The van der Waals surface area contributed by atoms with Crippen molar-refractivity contribution in [3.63, 3.8) is 0 Å². The molecule has 0 unspecified atom stereocenters. The minimum absolute atomic E-state index is 0.411. The minimum atomic E-state index is -0.411. The highest BCUT2D eigenvalue weighted by Gasteiger charge is 2.17. The molecule has 1 N–H and O–H groups in total. The fraction of sp³-hybridized carbons (Fsp3) is 0.429. The van der Waals surface area contributed by atoms with Crippen molar-refractivity contribution in [1.29, 1.82) is 0 Å². The summed E-state index contributed by atoms with van der Waals surface area (Å²) in [6, 6.07) is 9.33. The predicted molar refractivity (Wildman–Crippen MR) is 137 cm³/mol. The van der Waals surface area contributed by atoms with Crippen LogP contribution in [0.25, 0.3) is 10.9 Å². The van der Waals surface area contributed by atoms with Gasteiger partial charge in [0.2, 0.25) is 0 Å². The molecule has 1 heterocycles. The molecule has 0 saturated heterocycles. The zero-order valence-electron chi connectivity index (χ0n) is 21.0. The Balaban J connectivity index is 1.48. The van der Waals surface area contributed by atoms with E-state index in [1.165, 1.54) is 25.7 Å². The van der Waals surface area contributed by atoms with Gasteiger partial charge in [-0.2, -0.15) is 0 Å². The van der Waals surface area contributed by atoms with E-state index in [0.717, 1.165) is 34.9 Å². The van der Waals surface area contributed by atoms with E-state index >= 15 is 0 Å². The number of aryl methyl sites for hydroxylation is 2. The molecular weight excluding hydrogens is 444 g/mol. The van der Waals surface area contributed by atoms with Crippen molar-refractivity contribution in [3.05, 3.63) is 47.7 Å². The molecule has 1 saturated carbocycles. The second-order valence-corrected chi connectivity index (χ2v) is 9.15. The molecule has 0 spiro atoms. The summed E-state index contributed by atoms with van der Waals surface area (Å²) in [4.78, 5) is 16.9. The van der Waals surface area contributed by atoms with Crippen LogP contribution in [-0.2, 0) is 4.74 Å². The maximum Gasteiger partial charge on any atom is 0.411 e. The lowest BCUT2D eigenvalue weighted by molar-refractivity contribution is 0.136. The van der Waals surface area contributed by atoms with Gasteiger partial charge in [0.05, 0.1) is 26.3 Å². The monoisotopic (exact) mass is 478 g/mol. The first-order valence-electron chi connectivity index (χ1n) is 12.2. The number of rotatable bonds is 7. The second-order valence-electron chi connectivity index (χ2n) is 9.15. The Morgan fingerprint density at radius 2 is 1.63 bits per heavy atom. The van der Waals surface area contributed by atoms with Gasteiger partial charge in [0.15, 0.2) is 11.5 Å². The smallest absolute Gasteiger partial charge is 0.411 e. The van der Waals surface area contributed by atoms with Crippen LogP contribution in [0.1, 0.15) is 49.7 Å². The third kappa shape index (κ3) is 5.96. The number of aromatic nitrogens is 1. The lowest BCUT2D eigenvalue weighted by Gasteiger charge is -2.17. The van der Waals surface area contributed by atoms with Gasteiger partial charge in [0.25, 0.3) is 0 Å². The maximum atomic E-state index is 12.4. The molecule has 0 atom stereocenters. The van der Waals surface area contributed by atoms with Crippen molar-refractivity contribution < 1.29 is 23.7 Å². The highest BCUT2D eigenvalue weighted by molar-refractivity contribution is 5.89. The Morgan fingerprint density at radius 3 is 2.34 bits per heavy atom. The molecule has 186 valence electrons. The molecule has 1 aliphatic rings. The number of methoxy groups -OCH3 is 2. The maximum absolute atomic E-state index is 12.4. The molecule has 1 amide bonds. The minimum Gasteiger partial charge on any atom is -0.493 e. The van der Waals surface area contributed by atoms with Gasteiger partial charge in [-0.3, -0.25) is 10.3 Å². The molecule has 0 aliphatic heterocycles. The molecular formula is C28H34N2O5. The molecule has 1 aliphatic carbocycles. The Labute approximate surface area is 206 Å². The summed E-state index contributed by atoms with van der Waals surface area (Å²) in [5, 5.41) is 3.71. The third-order valence-electron chi connectivity index (χ3n) is 6.61. The summed E-state index contributed by atoms with van der Waals surface area (Å²) < 4.78 is 22.7. The number of ether oxygens (including phenoxy) is 4. The fourth-order valence-corrected chi connectivity index (χ4v) is 4.56. The first-order valence-corrected chi connectivity index (χ1v) is 12.2. The van der Waals surface area contributed by atoms with E-state index in [9.17, 15) is 4.79 Å². The number of amides is 1. The van der Waals surface area contributed by atoms with Gasteiger partial charge in [-0.05, 0) is 68.0 Å². The SMILES string of the molecule is COc1cc2nccc(Oc3cc(C)c(NC(=O)OCC4CCCCCC4)cc3C)c2cc1OC. The molecule has 3 aromatic rings. The lowest BCUT2D eigenvalue weighted by Crippen LogP contribution is -2.19. The molecule has 4 rings (SSSR count). The van der Waals surface area contributed by atoms with Crippen molar-refractivity contribution in [2.75, 3.05) is 26.1 Å². The van der Waals surface area contributed by atoms with Crippen molar-refractivity contribution in [3.8, 4) is 23.0 Å². The normalized spacial score (nSPS) is 14.3. The fourth-order valence-electron chi connectivity index (χ4n) is 4.56. The van der Waals surface area contributed by atoms with E-state index in [1.807, 2.05) is 44.2 Å². The molecule has 1 fully saturated rings. The zero-order valence-corrected chi connectivity index (χ0v) is 21.0. The number of carbonyl (C=O) groups excluding carboxylic acids is 1. The lowest BCUT2D eigenvalue weighted by atomic mass is 10.0. The number of hydrogen-bond donors (Lipinski definition) is 1. The zero-order chi connectivity index (χ0) is 24.8. The molecule has 1 aromatic heterocycles. The van der Waals surface area contributed by atoms with Crippen LogP contribution in [-0.4, -0.2) is 31.9 Å². The van der Waals surface area contributed by atoms with E-state index in [0.29, 0.717) is 41.2 Å². The standard InChI is InChI=1S/C28H34N2O5/c1-18-14-25(35-24-11-12-29-23-16-27(33-4)26(32-3)15-21(23)24)19(2)13-22(18)30-28(31)34-17-20-9-7-5-6-8-10-20/h11-16,20H,5-10,17H2,1-4H3,(H,30,31). The molecule has 2 aromatic carbocycles. The average molecular weight is 479 g/mol. The number of nitrogens with one attached hydrogen (secondary N) is 1. The van der Waals surface area contributed by atoms with Gasteiger partial charge in [0.1, 0.15) is 11.5 Å². The quantitative estimate of drug-likeness (QED) is 0.362. The average Bonchev–Trinajstić information content (AvgIpc) is 3.14. The van der Waals surface area contributed by atoms with Gasteiger partial charge in [0, 0.05) is 23.3 Å². The van der Waals surface area contributed by atoms with Crippen LogP contribution >= 0.6 is 0 Å². The first kappa shape index (κ1) is 24.6. The Kier molecular flexibility index (Phi) is 7.95. The number of nitrogens with zero attached hydrogens (tertiary/aromatic N) is 1. The second kappa shape index (κ2) is 11.3. The number of pyridine rings is 1. The number of benzene rings is 2. The topological polar surface area (TPSA) is 78.9 Å². The molecule has 0 bridgehead atoms. The van der Waals surface area contributed by atoms with Crippen molar-refractivity contribution in [2.45, 2.75) is 52.4 Å². The van der Waals surface area contributed by atoms with Crippen LogP contribution in [0, 0.1) is 19.8 Å². The number of carbonyl (C=O) groups is 1. The summed E-state index contributed by atoms with van der Waals surface area (Å²) in [7, 11) is 3.19. The first-order chi connectivity index (χ1) is 17.0. The Hall–Kier alpha value is -3.48. The van der Waals surface area contributed by atoms with E-state index in [2.05, 4.69) is 10.3 Å². The Bertz CT molecular complexity index is 1190. The molecule has 0 radical (unpaired) electrons. The van der Waals surface area contributed by atoms with Gasteiger partial charge < -0.3 is 18.9 Å². The van der Waals surface area contributed by atoms with Crippen LogP contribution in [0.4, 0.5) is 10.5 Å². The molecule has 7 nitrogen and oxygen atoms in total. The summed E-state index contributed by atoms with van der Waals surface area (Å²) in [5.74, 6) is 3.03. The summed E-state index contributed by atoms with van der Waals surface area (Å²) in [5.41, 5.74) is 3.23. The van der Waals surface area contributed by atoms with E-state index < -0.39 is 6.09 Å². The summed E-state index contributed by atoms with van der Waals surface area (Å²) in [6.45, 7) is 4.37. The van der Waals surface area contributed by atoms with Crippen LogP contribution in [0.5, 0.6) is 23.0 Å².